The second-order valence-corrected chi connectivity index (χ2v) is 7.51. The number of aromatic nitrogens is 1. The fraction of sp³-hybridized carbons (Fsp3) is 0.316. The summed E-state index contributed by atoms with van der Waals surface area (Å²) < 4.78 is 7.51. The fourth-order valence-corrected chi connectivity index (χ4v) is 3.60. The van der Waals surface area contributed by atoms with Crippen molar-refractivity contribution in [2.75, 3.05) is 6.61 Å². The molecule has 0 atom stereocenters. The van der Waals surface area contributed by atoms with Gasteiger partial charge in [-0.15, -0.1) is 17.9 Å². The number of Topliss-reactive ketones (excluding diaryl/α,β-unsaturated/α-hetero) is 2. The minimum atomic E-state index is -0.575. The highest BCUT2D eigenvalue weighted by Crippen LogP contribution is 2.23. The zero-order valence-corrected chi connectivity index (χ0v) is 16.3. The van der Waals surface area contributed by atoms with Gasteiger partial charge < -0.3 is 9.30 Å². The SMILES string of the molecule is C=CCn1c(C)cc(C(=O)COC(=O)CCC(=O)c2ccc(Cl)s2)c1C. The van der Waals surface area contributed by atoms with E-state index in [0.29, 0.717) is 21.3 Å². The number of aryl methyl sites for hydroxylation is 1. The Morgan fingerprint density at radius 3 is 2.58 bits per heavy atom. The van der Waals surface area contributed by atoms with Crippen LogP contribution in [0.2, 0.25) is 4.34 Å². The Labute approximate surface area is 161 Å². The number of thiophene rings is 1. The first-order valence-corrected chi connectivity index (χ1v) is 9.28. The molecule has 0 aliphatic carbocycles. The standard InChI is InChI=1S/C19H20ClNO4S/c1-4-9-21-12(2)10-14(13(21)3)16(23)11-25-19(24)8-5-15(22)17-6-7-18(20)26-17/h4,6-7,10H,1,5,8-9,11H2,2-3H3. The molecule has 138 valence electrons. The summed E-state index contributed by atoms with van der Waals surface area (Å²) in [5.74, 6) is -1.01. The molecule has 0 radical (unpaired) electrons. The van der Waals surface area contributed by atoms with Crippen LogP contribution in [0.3, 0.4) is 0 Å². The summed E-state index contributed by atoms with van der Waals surface area (Å²) in [6, 6.07) is 5.04. The van der Waals surface area contributed by atoms with Gasteiger partial charge in [0.15, 0.2) is 12.4 Å². The first-order valence-electron chi connectivity index (χ1n) is 8.08. The fourth-order valence-electron chi connectivity index (χ4n) is 2.59. The van der Waals surface area contributed by atoms with Crippen LogP contribution in [0, 0.1) is 13.8 Å². The van der Waals surface area contributed by atoms with E-state index in [2.05, 4.69) is 6.58 Å². The third-order valence-electron chi connectivity index (χ3n) is 3.95. The van der Waals surface area contributed by atoms with Crippen molar-refractivity contribution in [1.29, 1.82) is 0 Å². The lowest BCUT2D eigenvalue weighted by Crippen LogP contribution is -2.15. The molecule has 0 unspecified atom stereocenters. The van der Waals surface area contributed by atoms with Gasteiger partial charge in [-0.2, -0.15) is 0 Å². The number of rotatable bonds is 9. The Morgan fingerprint density at radius 1 is 1.23 bits per heavy atom. The van der Waals surface area contributed by atoms with Crippen molar-refractivity contribution in [2.24, 2.45) is 0 Å². The molecule has 2 heterocycles. The van der Waals surface area contributed by atoms with Crippen LogP contribution in [0.15, 0.2) is 30.9 Å². The smallest absolute Gasteiger partial charge is 0.306 e. The highest BCUT2D eigenvalue weighted by atomic mass is 35.5. The summed E-state index contributed by atoms with van der Waals surface area (Å²) in [5.41, 5.74) is 2.28. The lowest BCUT2D eigenvalue weighted by atomic mass is 10.1. The molecule has 0 fully saturated rings. The van der Waals surface area contributed by atoms with Gasteiger partial charge in [-0.1, -0.05) is 17.7 Å². The number of halogens is 1. The molecular weight excluding hydrogens is 374 g/mol. The Kier molecular flexibility index (Phi) is 6.94. The molecule has 26 heavy (non-hydrogen) atoms. The van der Waals surface area contributed by atoms with E-state index in [1.54, 1.807) is 24.3 Å². The Morgan fingerprint density at radius 2 is 1.96 bits per heavy atom. The van der Waals surface area contributed by atoms with Crippen molar-refractivity contribution in [1.82, 2.24) is 4.57 Å². The van der Waals surface area contributed by atoms with E-state index in [1.165, 1.54) is 11.3 Å². The molecule has 5 nitrogen and oxygen atoms in total. The number of carbonyl (C=O) groups is 3. The zero-order chi connectivity index (χ0) is 19.3. The summed E-state index contributed by atoms with van der Waals surface area (Å²) in [7, 11) is 0. The van der Waals surface area contributed by atoms with Gasteiger partial charge in [0.2, 0.25) is 5.78 Å². The Balaban J connectivity index is 1.85. The van der Waals surface area contributed by atoms with Crippen molar-refractivity contribution in [3.63, 3.8) is 0 Å². The Bertz CT molecular complexity index is 850. The molecule has 0 saturated heterocycles. The first kappa shape index (κ1) is 20.1. The summed E-state index contributed by atoms with van der Waals surface area (Å²) in [6.07, 6.45) is 1.71. The lowest BCUT2D eigenvalue weighted by Gasteiger charge is -2.07. The summed E-state index contributed by atoms with van der Waals surface area (Å²) >= 11 is 6.96. The molecule has 7 heteroatoms. The molecule has 0 aliphatic rings. The van der Waals surface area contributed by atoms with Crippen molar-refractivity contribution in [2.45, 2.75) is 33.2 Å². The van der Waals surface area contributed by atoms with Gasteiger partial charge in [0, 0.05) is 29.9 Å². The molecule has 2 aromatic rings. The molecule has 0 aromatic carbocycles. The number of esters is 1. The minimum absolute atomic E-state index is 0.0255. The highest BCUT2D eigenvalue weighted by Gasteiger charge is 2.18. The maximum Gasteiger partial charge on any atom is 0.306 e. The molecule has 0 amide bonds. The van der Waals surface area contributed by atoms with Crippen LogP contribution >= 0.6 is 22.9 Å². The molecule has 0 aliphatic heterocycles. The maximum absolute atomic E-state index is 12.3. The van der Waals surface area contributed by atoms with Crippen molar-refractivity contribution >= 4 is 40.5 Å². The van der Waals surface area contributed by atoms with Gasteiger partial charge in [-0.05, 0) is 32.0 Å². The van der Waals surface area contributed by atoms with Gasteiger partial charge in [-0.3, -0.25) is 14.4 Å². The van der Waals surface area contributed by atoms with Crippen LogP contribution in [0.4, 0.5) is 0 Å². The number of hydrogen-bond acceptors (Lipinski definition) is 5. The topological polar surface area (TPSA) is 65.4 Å². The lowest BCUT2D eigenvalue weighted by molar-refractivity contribution is -0.142. The van der Waals surface area contributed by atoms with Crippen LogP contribution in [0.1, 0.15) is 44.3 Å². The predicted octanol–water partition coefficient (Wildman–Crippen LogP) is 4.39. The van der Waals surface area contributed by atoms with Crippen LogP contribution < -0.4 is 0 Å². The van der Waals surface area contributed by atoms with E-state index in [-0.39, 0.29) is 31.0 Å². The number of ketones is 2. The van der Waals surface area contributed by atoms with Crippen LogP contribution in [-0.4, -0.2) is 28.7 Å². The van der Waals surface area contributed by atoms with Crippen molar-refractivity contribution < 1.29 is 19.1 Å². The monoisotopic (exact) mass is 393 g/mol. The third kappa shape index (κ3) is 4.93. The summed E-state index contributed by atoms with van der Waals surface area (Å²) in [4.78, 5) is 36.6. The highest BCUT2D eigenvalue weighted by molar-refractivity contribution is 7.18. The minimum Gasteiger partial charge on any atom is -0.457 e. The molecule has 2 aromatic heterocycles. The maximum atomic E-state index is 12.3. The van der Waals surface area contributed by atoms with Gasteiger partial charge in [0.25, 0.3) is 0 Å². The van der Waals surface area contributed by atoms with Crippen LogP contribution in [-0.2, 0) is 16.1 Å². The van der Waals surface area contributed by atoms with Gasteiger partial charge >= 0.3 is 5.97 Å². The molecule has 2 rings (SSSR count). The summed E-state index contributed by atoms with van der Waals surface area (Å²) in [6.45, 7) is 7.72. The number of allylic oxidation sites excluding steroid dienone is 1. The van der Waals surface area contributed by atoms with Gasteiger partial charge in [-0.25, -0.2) is 0 Å². The van der Waals surface area contributed by atoms with E-state index in [4.69, 9.17) is 16.3 Å². The molecule has 0 saturated carbocycles. The molecular formula is C19H20ClNO4S. The quantitative estimate of drug-likeness (QED) is 0.360. The van der Waals surface area contributed by atoms with E-state index < -0.39 is 5.97 Å². The number of carbonyl (C=O) groups excluding carboxylic acids is 3. The normalized spacial score (nSPS) is 10.6. The number of hydrogen-bond donors (Lipinski definition) is 0. The third-order valence-corrected chi connectivity index (χ3v) is 5.23. The summed E-state index contributed by atoms with van der Waals surface area (Å²) in [5, 5.41) is 0. The van der Waals surface area contributed by atoms with E-state index >= 15 is 0 Å². The van der Waals surface area contributed by atoms with E-state index in [0.717, 1.165) is 11.4 Å². The van der Waals surface area contributed by atoms with Crippen molar-refractivity contribution in [3.8, 4) is 0 Å². The Hall–Kier alpha value is -2.18. The largest absolute Gasteiger partial charge is 0.457 e. The van der Waals surface area contributed by atoms with E-state index in [9.17, 15) is 14.4 Å². The van der Waals surface area contributed by atoms with Crippen LogP contribution in [0.5, 0.6) is 0 Å². The van der Waals surface area contributed by atoms with Crippen LogP contribution in [0.25, 0.3) is 0 Å². The number of ether oxygens (including phenoxy) is 1. The molecule has 0 spiro atoms. The average molecular weight is 394 g/mol. The predicted molar refractivity (Wildman–Crippen MR) is 102 cm³/mol. The average Bonchev–Trinajstić information content (AvgIpc) is 3.16. The van der Waals surface area contributed by atoms with Crippen molar-refractivity contribution in [3.05, 3.63) is 57.0 Å². The zero-order valence-electron chi connectivity index (χ0n) is 14.7. The van der Waals surface area contributed by atoms with Gasteiger partial charge in [0.05, 0.1) is 15.6 Å². The molecule has 0 bridgehead atoms. The second-order valence-electron chi connectivity index (χ2n) is 5.79. The van der Waals surface area contributed by atoms with E-state index in [1.807, 2.05) is 18.4 Å². The van der Waals surface area contributed by atoms with Gasteiger partial charge in [0.1, 0.15) is 0 Å². The second kappa shape index (κ2) is 8.96. The first-order chi connectivity index (χ1) is 12.3. The molecule has 0 N–H and O–H groups in total. The number of nitrogens with zero attached hydrogens (tertiary/aromatic N) is 1.